The van der Waals surface area contributed by atoms with E-state index in [9.17, 15) is 14.4 Å². The summed E-state index contributed by atoms with van der Waals surface area (Å²) in [6.45, 7) is 11.8. The zero-order valence-corrected chi connectivity index (χ0v) is 29.9. The Morgan fingerprint density at radius 3 is 1.52 bits per heavy atom. The molecule has 4 aliphatic heterocycles. The number of nitrogens with zero attached hydrogens (tertiary/aromatic N) is 3. The maximum absolute atomic E-state index is 15.2. The molecule has 2 amide bonds. The highest BCUT2D eigenvalue weighted by molar-refractivity contribution is 6.46. The van der Waals surface area contributed by atoms with Crippen LogP contribution in [0.15, 0.2) is 54.6 Å². The van der Waals surface area contributed by atoms with E-state index < -0.39 is 11.9 Å². The number of para-hydroxylation sites is 1. The van der Waals surface area contributed by atoms with Gasteiger partial charge in [-0.1, -0.05) is 58.0 Å². The van der Waals surface area contributed by atoms with Gasteiger partial charge in [0.05, 0.1) is 22.4 Å². The molecule has 2 fully saturated rings. The van der Waals surface area contributed by atoms with Gasteiger partial charge in [-0.15, -0.1) is 0 Å². The van der Waals surface area contributed by atoms with E-state index in [1.54, 1.807) is 6.07 Å². The molecule has 6 aromatic carbocycles. The van der Waals surface area contributed by atoms with Crippen LogP contribution in [0.5, 0.6) is 0 Å². The number of rotatable bonds is 5. The number of amides is 2. The smallest absolute Gasteiger partial charge is 0.346 e. The molecule has 52 heavy (non-hydrogen) atoms. The third kappa shape index (κ3) is 4.03. The molecule has 0 N–H and O–H groups in total. The Balaban J connectivity index is 1.38. The molecule has 0 atom stereocenters. The van der Waals surface area contributed by atoms with E-state index in [0.717, 1.165) is 107 Å². The number of carbonyl (C=O) groups excluding carboxylic acids is 4. The van der Waals surface area contributed by atoms with E-state index in [0.29, 0.717) is 38.7 Å². The molecule has 4 aliphatic rings. The monoisotopic (exact) mass is 689 g/mol. The highest BCUT2D eigenvalue weighted by Crippen LogP contribution is 2.53. The van der Waals surface area contributed by atoms with E-state index in [4.69, 9.17) is 4.74 Å². The Morgan fingerprint density at radius 1 is 0.519 bits per heavy atom. The van der Waals surface area contributed by atoms with E-state index in [2.05, 4.69) is 37.5 Å². The highest BCUT2D eigenvalue weighted by atomic mass is 16.6. The molecule has 0 spiro atoms. The summed E-state index contributed by atoms with van der Waals surface area (Å²) in [7, 11) is 0. The van der Waals surface area contributed by atoms with Crippen LogP contribution >= 0.6 is 0 Å². The van der Waals surface area contributed by atoms with Crippen LogP contribution in [0.4, 0.5) is 17.1 Å². The lowest BCUT2D eigenvalue weighted by atomic mass is 9.81. The van der Waals surface area contributed by atoms with Crippen molar-refractivity contribution in [2.24, 2.45) is 0 Å². The van der Waals surface area contributed by atoms with Crippen molar-refractivity contribution in [3.8, 4) is 0 Å². The minimum atomic E-state index is -0.640. The summed E-state index contributed by atoms with van der Waals surface area (Å²) in [5.74, 6) is -1.70. The van der Waals surface area contributed by atoms with Gasteiger partial charge in [0, 0.05) is 75.4 Å². The first kappa shape index (κ1) is 31.3. The lowest BCUT2D eigenvalue weighted by molar-refractivity contribution is 0.0390. The van der Waals surface area contributed by atoms with Crippen LogP contribution in [-0.2, 0) is 4.74 Å². The topological polar surface area (TPSA) is 87.2 Å². The van der Waals surface area contributed by atoms with Crippen molar-refractivity contribution >= 4 is 83.9 Å². The van der Waals surface area contributed by atoms with Crippen LogP contribution in [0.1, 0.15) is 118 Å². The van der Waals surface area contributed by atoms with Crippen LogP contribution in [-0.4, -0.2) is 49.9 Å². The Hall–Kier alpha value is -5.50. The van der Waals surface area contributed by atoms with E-state index >= 15 is 4.79 Å². The van der Waals surface area contributed by atoms with Gasteiger partial charge in [-0.05, 0) is 83.7 Å². The highest BCUT2D eigenvalue weighted by Gasteiger charge is 2.40. The normalized spacial score (nSPS) is 17.5. The molecule has 0 aliphatic carbocycles. The fraction of sp³-hybridized carbons (Fsp3) is 0.318. The summed E-state index contributed by atoms with van der Waals surface area (Å²) < 4.78 is 5.27. The van der Waals surface area contributed by atoms with Crippen LogP contribution in [0.25, 0.3) is 43.1 Å². The third-order valence-corrected chi connectivity index (χ3v) is 12.0. The molecule has 0 saturated carbocycles. The molecular formula is C44H39N3O5. The van der Waals surface area contributed by atoms with Gasteiger partial charge in [0.15, 0.2) is 0 Å². The first-order valence-electron chi connectivity index (χ1n) is 18.7. The molecule has 2 saturated heterocycles. The van der Waals surface area contributed by atoms with Gasteiger partial charge in [-0.2, -0.15) is 0 Å². The first-order chi connectivity index (χ1) is 25.2. The van der Waals surface area contributed by atoms with Crippen molar-refractivity contribution in [1.82, 2.24) is 0 Å². The molecule has 0 aromatic heterocycles. The van der Waals surface area contributed by atoms with Crippen LogP contribution in [0.2, 0.25) is 0 Å². The molecule has 0 bridgehead atoms. The average molecular weight is 690 g/mol. The number of hydrogen-bond donors (Lipinski definition) is 0. The predicted octanol–water partition coefficient (Wildman–Crippen LogP) is 9.30. The summed E-state index contributed by atoms with van der Waals surface area (Å²) in [5.41, 5.74) is 6.32. The molecule has 8 heteroatoms. The zero-order chi connectivity index (χ0) is 35.7. The number of ether oxygens (including phenoxy) is 1. The van der Waals surface area contributed by atoms with Gasteiger partial charge in [0.25, 0.3) is 11.8 Å². The number of hydrogen-bond acceptors (Lipinski definition) is 7. The lowest BCUT2D eigenvalue weighted by Gasteiger charge is -2.34. The van der Waals surface area contributed by atoms with Crippen LogP contribution in [0, 0.1) is 0 Å². The SMILES string of the molecule is CC(C)c1cccc(C(C)C)c1N1C(=O)c2ccc3c4c(N5CCCC5)cc5c6c(ccc(c7c(N8CCCC8)cc(c2c37)C1=O)c64)C(=O)OC5=O. The minimum Gasteiger partial charge on any atom is -0.386 e. The number of cyclic esters (lactones) is 2. The average Bonchev–Trinajstić information content (AvgIpc) is 3.88. The van der Waals surface area contributed by atoms with Crippen molar-refractivity contribution in [2.75, 3.05) is 40.9 Å². The standard InChI is InChI=1S/C44H39N3O5/c1-22(2)24-10-9-11-25(23(3)4)40(24)47-41(48)28-14-12-26-37-33(46-18-7-8-19-46)21-31-35-29(43(50)52-44(31)51)15-13-27(39(35)37)36-32(45-16-5-6-17-45)20-30(42(47)49)34(28)38(26)36/h9-15,20-23H,5-8,16-19H2,1-4H3. The minimum absolute atomic E-state index is 0.0954. The quantitative estimate of drug-likeness (QED) is 0.0586. The maximum Gasteiger partial charge on any atom is 0.346 e. The zero-order valence-electron chi connectivity index (χ0n) is 29.9. The molecule has 0 radical (unpaired) electrons. The number of carbonyl (C=O) groups is 4. The summed E-state index contributed by atoms with van der Waals surface area (Å²) >= 11 is 0. The van der Waals surface area contributed by atoms with Gasteiger partial charge in [0.1, 0.15) is 0 Å². The van der Waals surface area contributed by atoms with Gasteiger partial charge in [-0.25, -0.2) is 14.5 Å². The number of esters is 2. The van der Waals surface area contributed by atoms with Crippen molar-refractivity contribution < 1.29 is 23.9 Å². The van der Waals surface area contributed by atoms with Crippen LogP contribution < -0.4 is 14.7 Å². The Labute approximate surface area is 301 Å². The second-order valence-corrected chi connectivity index (χ2v) is 15.6. The second-order valence-electron chi connectivity index (χ2n) is 15.6. The van der Waals surface area contributed by atoms with Gasteiger partial charge >= 0.3 is 11.9 Å². The third-order valence-electron chi connectivity index (χ3n) is 12.0. The fourth-order valence-electron chi connectivity index (χ4n) is 9.66. The molecule has 6 aromatic rings. The summed E-state index contributed by atoms with van der Waals surface area (Å²) in [5, 5.41) is 6.77. The summed E-state index contributed by atoms with van der Waals surface area (Å²) in [4.78, 5) is 62.9. The van der Waals surface area contributed by atoms with Crippen molar-refractivity contribution in [2.45, 2.75) is 65.2 Å². The van der Waals surface area contributed by atoms with Crippen LogP contribution in [0.3, 0.4) is 0 Å². The summed E-state index contributed by atoms with van der Waals surface area (Å²) in [6, 6.07) is 17.7. The number of fused-ring (bicyclic) bond motifs is 2. The molecule has 260 valence electrons. The predicted molar refractivity (Wildman–Crippen MR) is 206 cm³/mol. The molecular weight excluding hydrogens is 651 g/mol. The van der Waals surface area contributed by atoms with Crippen molar-refractivity contribution in [3.63, 3.8) is 0 Å². The van der Waals surface area contributed by atoms with Gasteiger partial charge < -0.3 is 14.5 Å². The second kappa shape index (κ2) is 11.0. The Bertz CT molecular complexity index is 2580. The van der Waals surface area contributed by atoms with Crippen molar-refractivity contribution in [1.29, 1.82) is 0 Å². The van der Waals surface area contributed by atoms with Gasteiger partial charge in [-0.3, -0.25) is 9.59 Å². The number of benzene rings is 6. The Kier molecular flexibility index (Phi) is 6.61. The van der Waals surface area contributed by atoms with E-state index in [1.807, 2.05) is 48.5 Å². The van der Waals surface area contributed by atoms with Crippen molar-refractivity contribution in [3.05, 3.63) is 88.0 Å². The molecule has 8 nitrogen and oxygen atoms in total. The first-order valence-corrected chi connectivity index (χ1v) is 18.7. The lowest BCUT2D eigenvalue weighted by Crippen LogP contribution is -2.42. The number of anilines is 3. The number of imide groups is 1. The largest absolute Gasteiger partial charge is 0.386 e. The van der Waals surface area contributed by atoms with Gasteiger partial charge in [0.2, 0.25) is 0 Å². The fourth-order valence-corrected chi connectivity index (χ4v) is 9.66. The molecule has 10 rings (SSSR count). The molecule has 0 unspecified atom stereocenters. The van der Waals surface area contributed by atoms with E-state index in [-0.39, 0.29) is 23.7 Å². The Morgan fingerprint density at radius 2 is 0.981 bits per heavy atom. The molecule has 4 heterocycles. The summed E-state index contributed by atoms with van der Waals surface area (Å²) in [6.07, 6.45) is 4.14. The maximum atomic E-state index is 15.2. The van der Waals surface area contributed by atoms with E-state index in [1.165, 1.54) is 4.90 Å².